The number of alkyl halides is 2. The maximum absolute atomic E-state index is 13.2. The van der Waals surface area contributed by atoms with Gasteiger partial charge in [0.2, 0.25) is 5.91 Å². The lowest BCUT2D eigenvalue weighted by Crippen LogP contribution is -2.47. The lowest BCUT2D eigenvalue weighted by atomic mass is 9.83. The second kappa shape index (κ2) is 9.05. The molecule has 0 bridgehead atoms. The van der Waals surface area contributed by atoms with Gasteiger partial charge in [-0.05, 0) is 31.9 Å². The number of methoxy groups -OCH3 is 1. The predicted molar refractivity (Wildman–Crippen MR) is 119 cm³/mol. The van der Waals surface area contributed by atoms with Gasteiger partial charge in [0.15, 0.2) is 0 Å². The molecule has 1 fully saturated rings. The van der Waals surface area contributed by atoms with Crippen molar-refractivity contribution < 1.29 is 18.3 Å². The first kappa shape index (κ1) is 23.4. The molecule has 1 unspecified atom stereocenters. The van der Waals surface area contributed by atoms with Crippen LogP contribution in [0.5, 0.6) is 5.75 Å². The standard InChI is InChI=1S/C22H28F2N6O2/c1-10-6-15(19(32-5)16(11(10)2)14-7-30(8-14)13(4)31)12(3)29-22-17(18(25)20(23)24)21(26)27-9-28-22/h6,9,12,14,20,25H,7-8H2,1-5H3,(H3,26,27,28,29). The Morgan fingerprint density at radius 1 is 1.34 bits per heavy atom. The van der Waals surface area contributed by atoms with Crippen molar-refractivity contribution in [3.05, 3.63) is 40.2 Å². The number of nitrogens with zero attached hydrogens (tertiary/aromatic N) is 3. The summed E-state index contributed by atoms with van der Waals surface area (Å²) < 4.78 is 32.2. The second-order valence-corrected chi connectivity index (χ2v) is 8.04. The zero-order chi connectivity index (χ0) is 23.7. The third kappa shape index (κ3) is 4.21. The summed E-state index contributed by atoms with van der Waals surface area (Å²) in [6.45, 7) is 8.67. The summed E-state index contributed by atoms with van der Waals surface area (Å²) in [6, 6.07) is 1.59. The summed E-state index contributed by atoms with van der Waals surface area (Å²) >= 11 is 0. The van der Waals surface area contributed by atoms with E-state index in [1.165, 1.54) is 6.33 Å². The van der Waals surface area contributed by atoms with Crippen LogP contribution < -0.4 is 15.8 Å². The third-order valence-corrected chi connectivity index (χ3v) is 6.00. The minimum Gasteiger partial charge on any atom is -0.496 e. The Morgan fingerprint density at radius 2 is 2.00 bits per heavy atom. The van der Waals surface area contributed by atoms with E-state index < -0.39 is 18.2 Å². The van der Waals surface area contributed by atoms with Gasteiger partial charge in [-0.2, -0.15) is 0 Å². The predicted octanol–water partition coefficient (Wildman–Crippen LogP) is 3.44. The number of amides is 1. The fourth-order valence-corrected chi connectivity index (χ4v) is 4.07. The first-order chi connectivity index (χ1) is 15.1. The Kier molecular flexibility index (Phi) is 6.61. The number of ether oxygens (including phenoxy) is 1. The molecular formula is C22H28F2N6O2. The molecule has 4 N–H and O–H groups in total. The number of rotatable bonds is 7. The van der Waals surface area contributed by atoms with E-state index in [0.717, 1.165) is 22.3 Å². The minimum atomic E-state index is -3.01. The van der Waals surface area contributed by atoms with Crippen LogP contribution in [0, 0.1) is 19.3 Å². The average molecular weight is 447 g/mol. The van der Waals surface area contributed by atoms with Gasteiger partial charge in [0.05, 0.1) is 18.7 Å². The quantitative estimate of drug-likeness (QED) is 0.561. The highest BCUT2D eigenvalue weighted by molar-refractivity contribution is 6.07. The molecule has 172 valence electrons. The Bertz CT molecular complexity index is 1050. The van der Waals surface area contributed by atoms with Gasteiger partial charge in [0, 0.05) is 37.1 Å². The van der Waals surface area contributed by atoms with Gasteiger partial charge in [0.25, 0.3) is 6.43 Å². The summed E-state index contributed by atoms with van der Waals surface area (Å²) in [5.74, 6) is 0.747. The highest BCUT2D eigenvalue weighted by Crippen LogP contribution is 2.42. The molecule has 8 nitrogen and oxygen atoms in total. The fourth-order valence-electron chi connectivity index (χ4n) is 4.07. The lowest BCUT2D eigenvalue weighted by molar-refractivity contribution is -0.133. The zero-order valence-corrected chi connectivity index (χ0v) is 18.8. The molecule has 3 rings (SSSR count). The first-order valence-corrected chi connectivity index (χ1v) is 10.2. The molecule has 0 saturated carbocycles. The summed E-state index contributed by atoms with van der Waals surface area (Å²) in [5, 5.41) is 10.8. The molecule has 10 heteroatoms. The number of halogens is 2. The van der Waals surface area contributed by atoms with Gasteiger partial charge in [-0.15, -0.1) is 0 Å². The van der Waals surface area contributed by atoms with Crippen LogP contribution in [0.4, 0.5) is 20.4 Å². The molecule has 1 saturated heterocycles. The van der Waals surface area contributed by atoms with Crippen molar-refractivity contribution in [3.63, 3.8) is 0 Å². The van der Waals surface area contributed by atoms with Crippen LogP contribution in [-0.4, -0.2) is 53.1 Å². The lowest BCUT2D eigenvalue weighted by Gasteiger charge is -2.41. The van der Waals surface area contributed by atoms with Crippen molar-refractivity contribution in [2.45, 2.75) is 46.1 Å². The number of hydrogen-bond donors (Lipinski definition) is 3. The van der Waals surface area contributed by atoms with E-state index in [4.69, 9.17) is 15.9 Å². The van der Waals surface area contributed by atoms with E-state index in [1.54, 1.807) is 18.9 Å². The first-order valence-electron chi connectivity index (χ1n) is 10.2. The SMILES string of the molecule is COc1c(C(C)Nc2ncnc(N)c2C(=N)C(F)F)cc(C)c(C)c1C1CN(C(C)=O)C1. The van der Waals surface area contributed by atoms with E-state index in [-0.39, 0.29) is 29.0 Å². The number of aryl methyl sites for hydroxylation is 1. The number of carbonyl (C=O) groups excluding carboxylic acids is 1. The number of aromatic nitrogens is 2. The van der Waals surface area contributed by atoms with Gasteiger partial charge in [-0.1, -0.05) is 6.07 Å². The number of nitrogens with one attached hydrogen (secondary N) is 2. The maximum Gasteiger partial charge on any atom is 0.280 e. The van der Waals surface area contributed by atoms with Crippen LogP contribution >= 0.6 is 0 Å². The fraction of sp³-hybridized carbons (Fsp3) is 0.455. The van der Waals surface area contributed by atoms with Gasteiger partial charge < -0.3 is 20.7 Å². The van der Waals surface area contributed by atoms with E-state index in [1.807, 2.05) is 26.8 Å². The highest BCUT2D eigenvalue weighted by Gasteiger charge is 2.35. The molecule has 2 heterocycles. The van der Waals surface area contributed by atoms with E-state index >= 15 is 0 Å². The number of hydrogen-bond acceptors (Lipinski definition) is 7. The Morgan fingerprint density at radius 3 is 2.56 bits per heavy atom. The number of likely N-dealkylation sites (tertiary alicyclic amines) is 1. The van der Waals surface area contributed by atoms with Crippen molar-refractivity contribution in [2.75, 3.05) is 31.2 Å². The number of carbonyl (C=O) groups is 1. The van der Waals surface area contributed by atoms with Crippen LogP contribution in [0.3, 0.4) is 0 Å². The largest absolute Gasteiger partial charge is 0.496 e. The number of benzene rings is 1. The molecule has 2 aromatic rings. The highest BCUT2D eigenvalue weighted by atomic mass is 19.3. The van der Waals surface area contributed by atoms with Crippen LogP contribution in [0.15, 0.2) is 12.4 Å². The van der Waals surface area contributed by atoms with Gasteiger partial charge in [-0.3, -0.25) is 10.2 Å². The number of anilines is 2. The summed E-state index contributed by atoms with van der Waals surface area (Å²) in [7, 11) is 1.59. The van der Waals surface area contributed by atoms with Gasteiger partial charge >= 0.3 is 0 Å². The molecule has 1 aliphatic rings. The van der Waals surface area contributed by atoms with Gasteiger partial charge in [0.1, 0.15) is 29.4 Å². The van der Waals surface area contributed by atoms with Crippen molar-refractivity contribution in [1.29, 1.82) is 5.41 Å². The van der Waals surface area contributed by atoms with Crippen molar-refractivity contribution in [2.24, 2.45) is 0 Å². The van der Waals surface area contributed by atoms with Crippen LogP contribution in [-0.2, 0) is 4.79 Å². The van der Waals surface area contributed by atoms with Crippen LogP contribution in [0.2, 0.25) is 0 Å². The maximum atomic E-state index is 13.2. The van der Waals surface area contributed by atoms with Crippen LogP contribution in [0.1, 0.15) is 53.6 Å². The summed E-state index contributed by atoms with van der Waals surface area (Å²) in [4.78, 5) is 21.2. The Hall–Kier alpha value is -3.30. The zero-order valence-electron chi connectivity index (χ0n) is 18.8. The molecule has 1 aromatic carbocycles. The number of nitrogen functional groups attached to an aromatic ring is 1. The monoisotopic (exact) mass is 446 g/mol. The molecule has 0 spiro atoms. The molecule has 0 aliphatic carbocycles. The molecule has 0 radical (unpaired) electrons. The van der Waals surface area contributed by atoms with E-state index in [2.05, 4.69) is 15.3 Å². The Labute approximate surface area is 185 Å². The molecule has 32 heavy (non-hydrogen) atoms. The smallest absolute Gasteiger partial charge is 0.280 e. The van der Waals surface area contributed by atoms with Gasteiger partial charge in [-0.25, -0.2) is 18.7 Å². The van der Waals surface area contributed by atoms with E-state index in [9.17, 15) is 13.6 Å². The molecule has 1 aliphatic heterocycles. The van der Waals surface area contributed by atoms with Crippen LogP contribution in [0.25, 0.3) is 0 Å². The average Bonchev–Trinajstić information content (AvgIpc) is 2.69. The van der Waals surface area contributed by atoms with Crippen molar-refractivity contribution >= 4 is 23.3 Å². The Balaban J connectivity index is 2.00. The second-order valence-electron chi connectivity index (χ2n) is 8.04. The topological polar surface area (TPSA) is 117 Å². The molecular weight excluding hydrogens is 418 g/mol. The summed E-state index contributed by atoms with van der Waals surface area (Å²) in [6.07, 6.45) is -1.84. The molecule has 1 aromatic heterocycles. The minimum absolute atomic E-state index is 0.0381. The van der Waals surface area contributed by atoms with Crippen molar-refractivity contribution in [3.8, 4) is 5.75 Å². The number of nitrogens with two attached hydrogens (primary N) is 1. The molecule has 1 amide bonds. The summed E-state index contributed by atoms with van der Waals surface area (Å²) in [5.41, 5.74) is 8.63. The normalized spacial score (nSPS) is 14.8. The van der Waals surface area contributed by atoms with E-state index in [0.29, 0.717) is 18.8 Å². The van der Waals surface area contributed by atoms with Crippen molar-refractivity contribution in [1.82, 2.24) is 14.9 Å². The third-order valence-electron chi connectivity index (χ3n) is 6.00. The molecule has 1 atom stereocenters.